The molecule has 0 saturated carbocycles. The Morgan fingerprint density at radius 3 is 2.80 bits per heavy atom. The molecule has 1 heterocycles. The molecule has 1 amide bonds. The zero-order valence-corrected chi connectivity index (χ0v) is 12.1. The van der Waals surface area contributed by atoms with Crippen LogP contribution < -0.4 is 9.64 Å². The first kappa shape index (κ1) is 14.6. The zero-order chi connectivity index (χ0) is 14.5. The molecule has 1 atom stereocenters. The van der Waals surface area contributed by atoms with E-state index in [4.69, 9.17) is 4.74 Å². The maximum Gasteiger partial charge on any atom is 0.237 e. The van der Waals surface area contributed by atoms with Crippen LogP contribution in [-0.4, -0.2) is 24.8 Å². The largest absolute Gasteiger partial charge is 0.492 e. The molecule has 20 heavy (non-hydrogen) atoms. The van der Waals surface area contributed by atoms with Crippen LogP contribution in [-0.2, 0) is 9.59 Å². The molecule has 2 rings (SSSR count). The third-order valence-corrected chi connectivity index (χ3v) is 3.63. The van der Waals surface area contributed by atoms with Gasteiger partial charge >= 0.3 is 0 Å². The van der Waals surface area contributed by atoms with Gasteiger partial charge in [-0.05, 0) is 31.9 Å². The Kier molecular flexibility index (Phi) is 4.77. The maximum atomic E-state index is 12.5. The second-order valence-corrected chi connectivity index (χ2v) is 4.91. The number of anilines is 1. The molecule has 1 aliphatic heterocycles. The van der Waals surface area contributed by atoms with Gasteiger partial charge in [-0.1, -0.05) is 19.1 Å². The van der Waals surface area contributed by atoms with Gasteiger partial charge in [-0.3, -0.25) is 9.59 Å². The molecular formula is C16H21NO3. The molecule has 1 fully saturated rings. The number of ketones is 1. The normalized spacial score (nSPS) is 19.0. The van der Waals surface area contributed by atoms with Crippen LogP contribution in [0.4, 0.5) is 5.69 Å². The summed E-state index contributed by atoms with van der Waals surface area (Å²) in [6.45, 7) is 4.92. The fourth-order valence-electron chi connectivity index (χ4n) is 2.62. The number of carbonyl (C=O) groups excluding carboxylic acids is 2. The van der Waals surface area contributed by atoms with E-state index in [0.717, 1.165) is 12.1 Å². The van der Waals surface area contributed by atoms with E-state index in [9.17, 15) is 9.59 Å². The van der Waals surface area contributed by atoms with Gasteiger partial charge in [0.2, 0.25) is 5.91 Å². The number of hydrogen-bond donors (Lipinski definition) is 0. The highest BCUT2D eigenvalue weighted by atomic mass is 16.5. The molecule has 0 radical (unpaired) electrons. The predicted molar refractivity (Wildman–Crippen MR) is 78.0 cm³/mol. The average Bonchev–Trinajstić information content (AvgIpc) is 2.48. The predicted octanol–water partition coefficient (Wildman–Crippen LogP) is 2.81. The molecule has 4 nitrogen and oxygen atoms in total. The number of rotatable bonds is 5. The summed E-state index contributed by atoms with van der Waals surface area (Å²) in [5.41, 5.74) is 0.771. The zero-order valence-electron chi connectivity index (χ0n) is 12.1. The van der Waals surface area contributed by atoms with Crippen LogP contribution in [0.5, 0.6) is 5.75 Å². The Morgan fingerprint density at radius 2 is 2.10 bits per heavy atom. The summed E-state index contributed by atoms with van der Waals surface area (Å²) < 4.78 is 5.58. The first-order valence-electron chi connectivity index (χ1n) is 7.25. The van der Waals surface area contributed by atoms with Crippen molar-refractivity contribution in [3.8, 4) is 5.75 Å². The lowest BCUT2D eigenvalue weighted by Crippen LogP contribution is -2.44. The van der Waals surface area contributed by atoms with Gasteiger partial charge in [0.15, 0.2) is 0 Å². The van der Waals surface area contributed by atoms with Crippen molar-refractivity contribution in [2.24, 2.45) is 5.92 Å². The summed E-state index contributed by atoms with van der Waals surface area (Å²) in [6.07, 6.45) is 1.93. The van der Waals surface area contributed by atoms with E-state index in [-0.39, 0.29) is 11.7 Å². The van der Waals surface area contributed by atoms with E-state index in [0.29, 0.717) is 31.7 Å². The number of benzene rings is 1. The number of ether oxygens (including phenoxy) is 1. The van der Waals surface area contributed by atoms with E-state index in [1.54, 1.807) is 4.90 Å². The average molecular weight is 275 g/mol. The molecule has 0 N–H and O–H groups in total. The second kappa shape index (κ2) is 6.55. The molecule has 108 valence electrons. The number of piperidine rings is 1. The Labute approximate surface area is 119 Å². The van der Waals surface area contributed by atoms with Crippen LogP contribution in [0.25, 0.3) is 0 Å². The highest BCUT2D eigenvalue weighted by molar-refractivity contribution is 6.09. The van der Waals surface area contributed by atoms with Crippen molar-refractivity contribution in [2.45, 2.75) is 33.1 Å². The van der Waals surface area contributed by atoms with E-state index in [2.05, 4.69) is 0 Å². The molecule has 1 unspecified atom stereocenters. The maximum absolute atomic E-state index is 12.5. The summed E-state index contributed by atoms with van der Waals surface area (Å²) in [5.74, 6) is 0.167. The number of para-hydroxylation sites is 2. The lowest BCUT2D eigenvalue weighted by atomic mass is 9.91. The molecule has 0 bridgehead atoms. The molecule has 1 aromatic rings. The third kappa shape index (κ3) is 2.84. The standard InChI is InChI=1S/C16H21NO3/c1-3-14(18)12-8-7-11-17(16(12)19)13-9-5-6-10-15(13)20-4-2/h5-6,9-10,12H,3-4,7-8,11H2,1-2H3. The Bertz CT molecular complexity index is 498. The van der Waals surface area contributed by atoms with Crippen molar-refractivity contribution in [1.29, 1.82) is 0 Å². The quantitative estimate of drug-likeness (QED) is 0.776. The monoisotopic (exact) mass is 275 g/mol. The van der Waals surface area contributed by atoms with Crippen LogP contribution in [0.15, 0.2) is 24.3 Å². The van der Waals surface area contributed by atoms with Crippen molar-refractivity contribution in [2.75, 3.05) is 18.1 Å². The minimum Gasteiger partial charge on any atom is -0.492 e. The van der Waals surface area contributed by atoms with Gasteiger partial charge < -0.3 is 9.64 Å². The van der Waals surface area contributed by atoms with Gasteiger partial charge in [-0.2, -0.15) is 0 Å². The summed E-state index contributed by atoms with van der Waals surface area (Å²) >= 11 is 0. The van der Waals surface area contributed by atoms with Gasteiger partial charge in [0, 0.05) is 13.0 Å². The topological polar surface area (TPSA) is 46.6 Å². The molecule has 4 heteroatoms. The summed E-state index contributed by atoms with van der Waals surface area (Å²) in [7, 11) is 0. The van der Waals surface area contributed by atoms with Gasteiger partial charge in [0.25, 0.3) is 0 Å². The summed E-state index contributed by atoms with van der Waals surface area (Å²) in [5, 5.41) is 0. The van der Waals surface area contributed by atoms with Crippen LogP contribution in [0.3, 0.4) is 0 Å². The molecule has 1 saturated heterocycles. The number of carbonyl (C=O) groups is 2. The first-order valence-corrected chi connectivity index (χ1v) is 7.25. The Balaban J connectivity index is 2.28. The van der Waals surface area contributed by atoms with Crippen molar-refractivity contribution in [3.05, 3.63) is 24.3 Å². The lowest BCUT2D eigenvalue weighted by molar-refractivity contribution is -0.133. The smallest absolute Gasteiger partial charge is 0.237 e. The molecule has 0 aromatic heterocycles. The van der Waals surface area contributed by atoms with Crippen molar-refractivity contribution >= 4 is 17.4 Å². The molecule has 0 aliphatic carbocycles. The number of hydrogen-bond acceptors (Lipinski definition) is 3. The van der Waals surface area contributed by atoms with Gasteiger partial charge in [-0.25, -0.2) is 0 Å². The molecule has 1 aliphatic rings. The van der Waals surface area contributed by atoms with Gasteiger partial charge in [0.05, 0.1) is 18.2 Å². The lowest BCUT2D eigenvalue weighted by Gasteiger charge is -2.32. The first-order chi connectivity index (χ1) is 9.69. The highest BCUT2D eigenvalue weighted by Gasteiger charge is 2.34. The molecular weight excluding hydrogens is 254 g/mol. The van der Waals surface area contributed by atoms with Crippen molar-refractivity contribution in [1.82, 2.24) is 0 Å². The third-order valence-electron chi connectivity index (χ3n) is 3.63. The molecule has 0 spiro atoms. The minimum absolute atomic E-state index is 0.0357. The van der Waals surface area contributed by atoms with E-state index < -0.39 is 5.92 Å². The van der Waals surface area contributed by atoms with Gasteiger partial charge in [0.1, 0.15) is 11.5 Å². The highest BCUT2D eigenvalue weighted by Crippen LogP contribution is 2.32. The van der Waals surface area contributed by atoms with Crippen LogP contribution >= 0.6 is 0 Å². The van der Waals surface area contributed by atoms with E-state index in [1.807, 2.05) is 38.1 Å². The van der Waals surface area contributed by atoms with E-state index in [1.165, 1.54) is 0 Å². The summed E-state index contributed by atoms with van der Waals surface area (Å²) in [4.78, 5) is 26.1. The number of amides is 1. The van der Waals surface area contributed by atoms with Gasteiger partial charge in [-0.15, -0.1) is 0 Å². The fraction of sp³-hybridized carbons (Fsp3) is 0.500. The van der Waals surface area contributed by atoms with Crippen LogP contribution in [0.2, 0.25) is 0 Å². The second-order valence-electron chi connectivity index (χ2n) is 4.91. The SMILES string of the molecule is CCOc1ccccc1N1CCCC(C(=O)CC)C1=O. The number of nitrogens with zero attached hydrogens (tertiary/aromatic N) is 1. The Morgan fingerprint density at radius 1 is 1.35 bits per heavy atom. The van der Waals surface area contributed by atoms with Crippen LogP contribution in [0.1, 0.15) is 33.1 Å². The van der Waals surface area contributed by atoms with Crippen molar-refractivity contribution in [3.63, 3.8) is 0 Å². The van der Waals surface area contributed by atoms with E-state index >= 15 is 0 Å². The number of Topliss-reactive ketones (excluding diaryl/α,β-unsaturated/α-hetero) is 1. The fourth-order valence-corrected chi connectivity index (χ4v) is 2.62. The summed E-state index contributed by atoms with van der Waals surface area (Å²) in [6, 6.07) is 7.51. The molecule has 1 aromatic carbocycles. The Hall–Kier alpha value is -1.84. The minimum atomic E-state index is -0.483. The van der Waals surface area contributed by atoms with Crippen molar-refractivity contribution < 1.29 is 14.3 Å². The van der Waals surface area contributed by atoms with Crippen LogP contribution in [0, 0.1) is 5.92 Å².